The van der Waals surface area contributed by atoms with Crippen LogP contribution >= 0.6 is 0 Å². The van der Waals surface area contributed by atoms with Crippen molar-refractivity contribution in [3.63, 3.8) is 0 Å². The Kier molecular flexibility index (Phi) is 5.17. The van der Waals surface area contributed by atoms with Gasteiger partial charge in [-0.15, -0.1) is 0 Å². The molecule has 0 bridgehead atoms. The number of aromatic nitrogens is 5. The van der Waals surface area contributed by atoms with E-state index in [1.54, 1.807) is 6.20 Å². The quantitative estimate of drug-likeness (QED) is 0.315. The standard InChI is InChI=1S/C32H28N6O/c1-20-15-26-35-17-25-27(23-9-6-14-34-16-23)28(21-7-4-3-5-8-21)29(36-30(25)38(26)37-20)22-10-12-24(13-11-22)32(33)18-31(2,39)19-32/h3-17,39H,18-19,33H2,1-2H3/t31-,32+. The number of nitrogens with zero attached hydrogens (tertiary/aromatic N) is 5. The fraction of sp³-hybridized carbons (Fsp3) is 0.188. The number of fused-ring (bicyclic) bond motifs is 3. The van der Waals surface area contributed by atoms with Gasteiger partial charge in [0.2, 0.25) is 0 Å². The Morgan fingerprint density at radius 2 is 1.62 bits per heavy atom. The van der Waals surface area contributed by atoms with E-state index in [4.69, 9.17) is 20.8 Å². The molecule has 192 valence electrons. The average Bonchev–Trinajstić information content (AvgIpc) is 3.32. The summed E-state index contributed by atoms with van der Waals surface area (Å²) in [5, 5.41) is 16.0. The van der Waals surface area contributed by atoms with Gasteiger partial charge in [0.1, 0.15) is 0 Å². The first kappa shape index (κ1) is 23.6. The molecule has 4 heterocycles. The van der Waals surface area contributed by atoms with E-state index < -0.39 is 11.1 Å². The zero-order chi connectivity index (χ0) is 26.8. The minimum Gasteiger partial charge on any atom is -0.390 e. The van der Waals surface area contributed by atoms with Crippen LogP contribution in [0.25, 0.3) is 50.2 Å². The van der Waals surface area contributed by atoms with E-state index in [0.717, 1.165) is 61.4 Å². The van der Waals surface area contributed by atoms with Crippen LogP contribution in [-0.4, -0.2) is 35.3 Å². The van der Waals surface area contributed by atoms with Crippen molar-refractivity contribution in [3.8, 4) is 33.5 Å². The lowest BCUT2D eigenvalue weighted by molar-refractivity contribution is -0.0738. The van der Waals surface area contributed by atoms with Gasteiger partial charge in [0, 0.05) is 57.8 Å². The molecule has 0 saturated heterocycles. The van der Waals surface area contributed by atoms with Crippen LogP contribution in [-0.2, 0) is 5.54 Å². The molecular formula is C32H28N6O. The van der Waals surface area contributed by atoms with Crippen molar-refractivity contribution < 1.29 is 5.11 Å². The minimum atomic E-state index is -0.715. The Bertz CT molecular complexity index is 1840. The highest BCUT2D eigenvalue weighted by molar-refractivity contribution is 6.06. The maximum atomic E-state index is 10.3. The number of hydrogen-bond donors (Lipinski definition) is 2. The predicted molar refractivity (Wildman–Crippen MR) is 153 cm³/mol. The molecule has 1 fully saturated rings. The second-order valence-electron chi connectivity index (χ2n) is 11.0. The molecule has 6 aromatic rings. The van der Waals surface area contributed by atoms with Crippen LogP contribution in [0.15, 0.2) is 91.4 Å². The van der Waals surface area contributed by atoms with Crippen LogP contribution in [0.3, 0.4) is 0 Å². The molecule has 0 spiro atoms. The number of aryl methyl sites for hydroxylation is 1. The van der Waals surface area contributed by atoms with Gasteiger partial charge >= 0.3 is 0 Å². The molecule has 0 amide bonds. The highest BCUT2D eigenvalue weighted by atomic mass is 16.3. The molecule has 3 N–H and O–H groups in total. The first-order valence-electron chi connectivity index (χ1n) is 13.1. The van der Waals surface area contributed by atoms with E-state index in [1.165, 1.54) is 0 Å². The van der Waals surface area contributed by atoms with Gasteiger partial charge in [0.05, 0.1) is 17.0 Å². The van der Waals surface area contributed by atoms with E-state index in [0.29, 0.717) is 12.8 Å². The summed E-state index contributed by atoms with van der Waals surface area (Å²) >= 11 is 0. The number of rotatable bonds is 4. The van der Waals surface area contributed by atoms with Gasteiger partial charge in [0.15, 0.2) is 11.3 Å². The molecule has 4 aromatic heterocycles. The Balaban J connectivity index is 1.54. The molecule has 0 atom stereocenters. The second-order valence-corrected chi connectivity index (χ2v) is 11.0. The number of hydrogen-bond acceptors (Lipinski definition) is 6. The molecule has 7 rings (SSSR count). The van der Waals surface area contributed by atoms with Crippen LogP contribution in [0, 0.1) is 6.92 Å². The lowest BCUT2D eigenvalue weighted by atomic mass is 9.63. The predicted octanol–water partition coefficient (Wildman–Crippen LogP) is 5.68. The highest BCUT2D eigenvalue weighted by Gasteiger charge is 2.49. The van der Waals surface area contributed by atoms with E-state index in [9.17, 15) is 5.11 Å². The van der Waals surface area contributed by atoms with Gasteiger partial charge in [0.25, 0.3) is 0 Å². The summed E-state index contributed by atoms with van der Waals surface area (Å²) in [5.41, 5.74) is 14.6. The van der Waals surface area contributed by atoms with E-state index in [2.05, 4.69) is 47.4 Å². The maximum absolute atomic E-state index is 10.3. The van der Waals surface area contributed by atoms with Gasteiger partial charge in [-0.1, -0.05) is 60.7 Å². The van der Waals surface area contributed by atoms with Crippen molar-refractivity contribution in [2.45, 2.75) is 37.8 Å². The van der Waals surface area contributed by atoms with Crippen LogP contribution < -0.4 is 5.73 Å². The monoisotopic (exact) mass is 512 g/mol. The summed E-state index contributed by atoms with van der Waals surface area (Å²) in [6.45, 7) is 3.80. The van der Waals surface area contributed by atoms with Gasteiger partial charge in [-0.25, -0.2) is 9.97 Å². The molecule has 0 unspecified atom stereocenters. The number of aliphatic hydroxyl groups is 1. The number of pyridine rings is 2. The molecule has 1 aliphatic rings. The third kappa shape index (κ3) is 3.90. The van der Waals surface area contributed by atoms with E-state index in [-0.39, 0.29) is 0 Å². The van der Waals surface area contributed by atoms with Gasteiger partial charge in [-0.2, -0.15) is 9.61 Å². The maximum Gasteiger partial charge on any atom is 0.165 e. The molecule has 0 aliphatic heterocycles. The Labute approximate surface area is 226 Å². The number of nitrogens with two attached hydrogens (primary N) is 1. The Hall–Kier alpha value is -4.46. The zero-order valence-electron chi connectivity index (χ0n) is 21.8. The smallest absolute Gasteiger partial charge is 0.165 e. The third-order valence-corrected chi connectivity index (χ3v) is 7.69. The summed E-state index contributed by atoms with van der Waals surface area (Å²) in [4.78, 5) is 14.4. The van der Waals surface area contributed by atoms with Gasteiger partial charge in [-0.3, -0.25) is 4.98 Å². The molecule has 1 aliphatic carbocycles. The highest BCUT2D eigenvalue weighted by Crippen LogP contribution is 2.47. The van der Waals surface area contributed by atoms with Crippen LogP contribution in [0.1, 0.15) is 31.0 Å². The Morgan fingerprint density at radius 3 is 2.31 bits per heavy atom. The van der Waals surface area contributed by atoms with Crippen molar-refractivity contribution in [1.29, 1.82) is 0 Å². The van der Waals surface area contributed by atoms with Crippen LogP contribution in [0.5, 0.6) is 0 Å². The molecule has 1 saturated carbocycles. The van der Waals surface area contributed by atoms with Crippen LogP contribution in [0.2, 0.25) is 0 Å². The summed E-state index contributed by atoms with van der Waals surface area (Å²) in [7, 11) is 0. The average molecular weight is 513 g/mol. The van der Waals surface area contributed by atoms with Crippen molar-refractivity contribution in [2.75, 3.05) is 0 Å². The van der Waals surface area contributed by atoms with Crippen molar-refractivity contribution >= 4 is 16.7 Å². The Morgan fingerprint density at radius 1 is 0.872 bits per heavy atom. The zero-order valence-corrected chi connectivity index (χ0v) is 21.8. The van der Waals surface area contributed by atoms with E-state index >= 15 is 0 Å². The summed E-state index contributed by atoms with van der Waals surface area (Å²) < 4.78 is 1.82. The van der Waals surface area contributed by atoms with Crippen molar-refractivity contribution in [3.05, 3.63) is 103 Å². The first-order chi connectivity index (χ1) is 18.8. The molecule has 39 heavy (non-hydrogen) atoms. The second kappa shape index (κ2) is 8.53. The molecule has 7 nitrogen and oxygen atoms in total. The SMILES string of the molecule is Cc1cc2ncc3c(-c4cccnc4)c(-c4ccccc4)c(-c4ccc([C@]5(N)C[C@@](C)(O)C5)cc4)nc3n2n1. The van der Waals surface area contributed by atoms with Crippen LogP contribution in [0.4, 0.5) is 0 Å². The lowest BCUT2D eigenvalue weighted by Gasteiger charge is -2.49. The molecule has 7 heteroatoms. The van der Waals surface area contributed by atoms with Crippen molar-refractivity contribution in [2.24, 2.45) is 5.73 Å². The minimum absolute atomic E-state index is 0.521. The third-order valence-electron chi connectivity index (χ3n) is 7.69. The molecule has 2 aromatic carbocycles. The van der Waals surface area contributed by atoms with Crippen molar-refractivity contribution in [1.82, 2.24) is 24.6 Å². The van der Waals surface area contributed by atoms with Gasteiger partial charge in [-0.05, 0) is 43.9 Å². The fourth-order valence-electron chi connectivity index (χ4n) is 6.11. The van der Waals surface area contributed by atoms with Gasteiger partial charge < -0.3 is 10.8 Å². The molecular weight excluding hydrogens is 484 g/mol. The molecule has 0 radical (unpaired) electrons. The summed E-state index contributed by atoms with van der Waals surface area (Å²) in [6, 6.07) is 24.6. The topological polar surface area (TPSA) is 102 Å². The summed E-state index contributed by atoms with van der Waals surface area (Å²) in [6.07, 6.45) is 6.63. The lowest BCUT2D eigenvalue weighted by Crippen LogP contribution is -2.58. The fourth-order valence-corrected chi connectivity index (χ4v) is 6.11. The number of benzene rings is 2. The first-order valence-corrected chi connectivity index (χ1v) is 13.1. The normalized spacial score (nSPS) is 20.8. The summed E-state index contributed by atoms with van der Waals surface area (Å²) in [5.74, 6) is 0. The van der Waals surface area contributed by atoms with E-state index in [1.807, 2.05) is 61.1 Å². The largest absolute Gasteiger partial charge is 0.390 e.